The predicted molar refractivity (Wildman–Crippen MR) is 89.5 cm³/mol. The average molecular weight is 366 g/mol. The van der Waals surface area contributed by atoms with Gasteiger partial charge < -0.3 is 15.4 Å². The van der Waals surface area contributed by atoms with Gasteiger partial charge in [0.15, 0.2) is 6.61 Å². The molecule has 25 heavy (non-hydrogen) atoms. The highest BCUT2D eigenvalue weighted by atomic mass is 35.5. The van der Waals surface area contributed by atoms with Crippen LogP contribution in [0.2, 0.25) is 5.02 Å². The van der Waals surface area contributed by atoms with Crippen molar-refractivity contribution in [1.82, 2.24) is 5.32 Å². The molecule has 2 N–H and O–H groups in total. The molecule has 0 atom stereocenters. The molecule has 2 aromatic carbocycles. The number of nitrogens with zero attached hydrogens (tertiary/aromatic N) is 1. The largest absolute Gasteiger partial charge is 0.484 e. The molecule has 0 aliphatic rings. The van der Waals surface area contributed by atoms with Gasteiger partial charge in [0.1, 0.15) is 29.0 Å². The van der Waals surface area contributed by atoms with Crippen LogP contribution in [0.3, 0.4) is 0 Å². The summed E-state index contributed by atoms with van der Waals surface area (Å²) in [4.78, 5) is 11.7. The average Bonchev–Trinajstić information content (AvgIpc) is 2.60. The van der Waals surface area contributed by atoms with E-state index in [9.17, 15) is 13.6 Å². The lowest BCUT2D eigenvalue weighted by Crippen LogP contribution is -2.32. The zero-order valence-electron chi connectivity index (χ0n) is 13.0. The molecule has 0 saturated heterocycles. The highest BCUT2D eigenvalue weighted by molar-refractivity contribution is 6.30. The van der Waals surface area contributed by atoms with Gasteiger partial charge in [0.05, 0.1) is 10.7 Å². The van der Waals surface area contributed by atoms with Gasteiger partial charge in [-0.15, -0.1) is 0 Å². The number of halogens is 3. The molecule has 130 valence electrons. The summed E-state index contributed by atoms with van der Waals surface area (Å²) in [6, 6.07) is 9.82. The van der Waals surface area contributed by atoms with Crippen molar-refractivity contribution in [2.24, 2.45) is 0 Å². The predicted octanol–water partition coefficient (Wildman–Crippen LogP) is 3.10. The Morgan fingerprint density at radius 3 is 2.72 bits per heavy atom. The van der Waals surface area contributed by atoms with E-state index in [1.54, 1.807) is 12.1 Å². The Bertz CT molecular complexity index is 809. The standard InChI is InChI=1S/C17H14ClF2N3O2/c18-13-8-11(4-5-15(13)20)25-10-17(24)23-7-6-22-16-3-1-2-14(19)12(16)9-21/h1-5,8,22H,6-7,10H2,(H,23,24). The fourth-order valence-corrected chi connectivity index (χ4v) is 2.12. The van der Waals surface area contributed by atoms with E-state index in [1.165, 1.54) is 24.3 Å². The SMILES string of the molecule is N#Cc1c(F)cccc1NCCNC(=O)COc1ccc(F)c(Cl)c1. The summed E-state index contributed by atoms with van der Waals surface area (Å²) in [5.41, 5.74) is 0.277. The van der Waals surface area contributed by atoms with E-state index in [4.69, 9.17) is 21.6 Å². The summed E-state index contributed by atoms with van der Waals surface area (Å²) in [5.74, 6) is -1.29. The second kappa shape index (κ2) is 8.85. The molecule has 0 unspecified atom stereocenters. The van der Waals surface area contributed by atoms with Crippen molar-refractivity contribution in [2.75, 3.05) is 25.0 Å². The van der Waals surface area contributed by atoms with Crippen LogP contribution in [-0.2, 0) is 4.79 Å². The molecular formula is C17H14ClF2N3O2. The van der Waals surface area contributed by atoms with E-state index in [0.29, 0.717) is 12.2 Å². The molecule has 5 nitrogen and oxygen atoms in total. The van der Waals surface area contributed by atoms with Crippen molar-refractivity contribution in [1.29, 1.82) is 5.26 Å². The van der Waals surface area contributed by atoms with Crippen LogP contribution in [0.25, 0.3) is 0 Å². The van der Waals surface area contributed by atoms with Crippen molar-refractivity contribution in [3.8, 4) is 11.8 Å². The molecule has 8 heteroatoms. The smallest absolute Gasteiger partial charge is 0.258 e. The third-order valence-electron chi connectivity index (χ3n) is 3.15. The lowest BCUT2D eigenvalue weighted by molar-refractivity contribution is -0.123. The minimum absolute atomic E-state index is 0.0784. The van der Waals surface area contributed by atoms with Crippen molar-refractivity contribution in [3.05, 3.63) is 58.6 Å². The maximum atomic E-state index is 13.4. The molecule has 0 radical (unpaired) electrons. The first-order valence-corrected chi connectivity index (χ1v) is 7.66. The van der Waals surface area contributed by atoms with Gasteiger partial charge in [-0.2, -0.15) is 5.26 Å². The number of nitriles is 1. The van der Waals surface area contributed by atoms with Crippen LogP contribution in [0.5, 0.6) is 5.75 Å². The minimum Gasteiger partial charge on any atom is -0.484 e. The Hall–Kier alpha value is -2.85. The number of ether oxygens (including phenoxy) is 1. The highest BCUT2D eigenvalue weighted by Gasteiger charge is 2.08. The number of hydrogen-bond donors (Lipinski definition) is 2. The first kappa shape index (κ1) is 18.5. The van der Waals surface area contributed by atoms with Gasteiger partial charge in [0.25, 0.3) is 5.91 Å². The summed E-state index contributed by atoms with van der Waals surface area (Å²) in [7, 11) is 0. The number of anilines is 1. The topological polar surface area (TPSA) is 74.2 Å². The van der Waals surface area contributed by atoms with Gasteiger partial charge in [0, 0.05) is 19.2 Å². The maximum absolute atomic E-state index is 13.4. The van der Waals surface area contributed by atoms with E-state index in [0.717, 1.165) is 6.07 Å². The Balaban J connectivity index is 1.73. The van der Waals surface area contributed by atoms with Crippen molar-refractivity contribution in [2.45, 2.75) is 0 Å². The molecule has 0 aromatic heterocycles. The fourth-order valence-electron chi connectivity index (χ4n) is 1.95. The summed E-state index contributed by atoms with van der Waals surface area (Å²) < 4.78 is 31.6. The molecule has 0 spiro atoms. The van der Waals surface area contributed by atoms with E-state index in [-0.39, 0.29) is 35.4 Å². The highest BCUT2D eigenvalue weighted by Crippen LogP contribution is 2.21. The van der Waals surface area contributed by atoms with Gasteiger partial charge in [-0.25, -0.2) is 8.78 Å². The van der Waals surface area contributed by atoms with Gasteiger partial charge in [-0.3, -0.25) is 4.79 Å². The fraction of sp³-hybridized carbons (Fsp3) is 0.176. The third-order valence-corrected chi connectivity index (χ3v) is 3.44. The number of carbonyl (C=O) groups is 1. The zero-order chi connectivity index (χ0) is 18.2. The van der Waals surface area contributed by atoms with Crippen molar-refractivity contribution < 1.29 is 18.3 Å². The van der Waals surface area contributed by atoms with E-state index in [1.807, 2.05) is 0 Å². The number of hydrogen-bond acceptors (Lipinski definition) is 4. The van der Waals surface area contributed by atoms with Crippen molar-refractivity contribution in [3.63, 3.8) is 0 Å². The normalized spacial score (nSPS) is 10.0. The Morgan fingerprint density at radius 1 is 1.20 bits per heavy atom. The molecule has 2 rings (SSSR count). The molecular weight excluding hydrogens is 352 g/mol. The summed E-state index contributed by atoms with van der Waals surface area (Å²) in [6.45, 7) is 0.283. The molecule has 0 saturated carbocycles. The van der Waals surface area contributed by atoms with Crippen LogP contribution < -0.4 is 15.4 Å². The van der Waals surface area contributed by atoms with Crippen LogP contribution in [0.4, 0.5) is 14.5 Å². The molecule has 0 aliphatic carbocycles. The van der Waals surface area contributed by atoms with Crippen LogP contribution in [-0.4, -0.2) is 25.6 Å². The Morgan fingerprint density at radius 2 is 2.00 bits per heavy atom. The number of carbonyl (C=O) groups excluding carboxylic acids is 1. The summed E-state index contributed by atoms with van der Waals surface area (Å²) >= 11 is 5.61. The minimum atomic E-state index is -0.608. The van der Waals surface area contributed by atoms with E-state index in [2.05, 4.69) is 10.6 Å². The molecule has 0 heterocycles. The Labute approximate surface area is 148 Å². The molecule has 2 aromatic rings. The summed E-state index contributed by atoms with van der Waals surface area (Å²) in [5, 5.41) is 14.3. The monoisotopic (exact) mass is 365 g/mol. The first-order chi connectivity index (χ1) is 12.0. The molecule has 1 amide bonds. The zero-order valence-corrected chi connectivity index (χ0v) is 13.7. The van der Waals surface area contributed by atoms with Gasteiger partial charge in [-0.05, 0) is 24.3 Å². The molecule has 0 aliphatic heterocycles. The molecule has 0 fully saturated rings. The molecule has 0 bridgehead atoms. The first-order valence-electron chi connectivity index (χ1n) is 7.28. The van der Waals surface area contributed by atoms with Crippen LogP contribution >= 0.6 is 11.6 Å². The Kier molecular flexibility index (Phi) is 6.54. The second-order valence-electron chi connectivity index (χ2n) is 4.92. The second-order valence-corrected chi connectivity index (χ2v) is 5.32. The quantitative estimate of drug-likeness (QED) is 0.739. The van der Waals surface area contributed by atoms with Crippen LogP contribution in [0.15, 0.2) is 36.4 Å². The number of rotatable bonds is 7. The lowest BCUT2D eigenvalue weighted by atomic mass is 10.2. The maximum Gasteiger partial charge on any atom is 0.258 e. The number of benzene rings is 2. The van der Waals surface area contributed by atoms with Crippen LogP contribution in [0, 0.1) is 23.0 Å². The van der Waals surface area contributed by atoms with E-state index < -0.39 is 11.6 Å². The third kappa shape index (κ3) is 5.33. The van der Waals surface area contributed by atoms with Crippen molar-refractivity contribution >= 4 is 23.2 Å². The van der Waals surface area contributed by atoms with Crippen LogP contribution in [0.1, 0.15) is 5.56 Å². The number of nitrogens with one attached hydrogen (secondary N) is 2. The lowest BCUT2D eigenvalue weighted by Gasteiger charge is -2.10. The van der Waals surface area contributed by atoms with Gasteiger partial charge >= 0.3 is 0 Å². The number of amides is 1. The summed E-state index contributed by atoms with van der Waals surface area (Å²) in [6.07, 6.45) is 0. The van der Waals surface area contributed by atoms with E-state index >= 15 is 0 Å². The van der Waals surface area contributed by atoms with Gasteiger partial charge in [0.2, 0.25) is 0 Å². The van der Waals surface area contributed by atoms with Gasteiger partial charge in [-0.1, -0.05) is 17.7 Å².